The molecular weight excluding hydrogens is 528 g/mol. The molecule has 0 saturated carbocycles. The van der Waals surface area contributed by atoms with Gasteiger partial charge < -0.3 is 23.7 Å². The lowest BCUT2D eigenvalue weighted by Crippen LogP contribution is -2.46. The van der Waals surface area contributed by atoms with E-state index in [9.17, 15) is 0 Å². The van der Waals surface area contributed by atoms with Crippen molar-refractivity contribution in [2.75, 3.05) is 43.1 Å². The number of nitrogens with zero attached hydrogens (tertiary/aromatic N) is 8. The lowest BCUT2D eigenvalue weighted by atomic mass is 10.2. The highest BCUT2D eigenvalue weighted by molar-refractivity contribution is 7.13. The summed E-state index contributed by atoms with van der Waals surface area (Å²) in [6, 6.07) is 9.54. The van der Waals surface area contributed by atoms with Crippen molar-refractivity contribution in [1.82, 2.24) is 29.5 Å². The molecule has 6 aromatic rings. The molecule has 1 aliphatic rings. The van der Waals surface area contributed by atoms with E-state index in [1.165, 1.54) is 0 Å². The Morgan fingerprint density at radius 1 is 1.02 bits per heavy atom. The third kappa shape index (κ3) is 4.66. The van der Waals surface area contributed by atoms with Gasteiger partial charge in [-0.25, -0.2) is 19.5 Å². The molecule has 0 unspecified atom stereocenters. The third-order valence-corrected chi connectivity index (χ3v) is 7.80. The SMILES string of the molecule is COc1cc(OCc2csc(N3CCN(c4cnccn4)CC3)n2)c2cc(-c3cn4nc(C)ccc4n3)oc2c1. The number of ether oxygens (including phenoxy) is 2. The van der Waals surface area contributed by atoms with E-state index in [1.54, 1.807) is 35.4 Å². The standard InChI is InChI=1S/C28H26N8O3S/c1-18-3-4-26-32-22(15-36(26)33-18)25-13-21-23(11-20(37-2)12-24(21)39-25)38-16-19-17-40-28(31-19)35-9-7-34(8-10-35)27-14-29-5-6-30-27/h3-6,11-15,17H,7-10,16H2,1-2H3. The molecule has 1 aliphatic heterocycles. The monoisotopic (exact) mass is 554 g/mol. The van der Waals surface area contributed by atoms with E-state index in [4.69, 9.17) is 18.9 Å². The molecule has 0 aliphatic carbocycles. The van der Waals surface area contributed by atoms with E-state index < -0.39 is 0 Å². The molecule has 5 aromatic heterocycles. The minimum atomic E-state index is 0.330. The van der Waals surface area contributed by atoms with Crippen LogP contribution in [0.3, 0.4) is 0 Å². The number of piperazine rings is 1. The molecule has 0 N–H and O–H groups in total. The van der Waals surface area contributed by atoms with E-state index in [0.717, 1.165) is 59.5 Å². The van der Waals surface area contributed by atoms with Gasteiger partial charge in [-0.3, -0.25) is 4.98 Å². The Morgan fingerprint density at radius 2 is 1.90 bits per heavy atom. The van der Waals surface area contributed by atoms with Crippen LogP contribution in [-0.2, 0) is 6.61 Å². The second-order valence-electron chi connectivity index (χ2n) is 9.50. The molecule has 1 saturated heterocycles. The summed E-state index contributed by atoms with van der Waals surface area (Å²) in [5, 5.41) is 8.37. The summed E-state index contributed by atoms with van der Waals surface area (Å²) in [4.78, 5) is 22.7. The van der Waals surface area contributed by atoms with Crippen LogP contribution in [0.5, 0.6) is 11.5 Å². The summed E-state index contributed by atoms with van der Waals surface area (Å²) in [5.74, 6) is 2.85. The number of imidazole rings is 1. The zero-order chi connectivity index (χ0) is 27.1. The fourth-order valence-corrected chi connectivity index (χ4v) is 5.65. The minimum absolute atomic E-state index is 0.330. The molecule has 0 radical (unpaired) electrons. The van der Waals surface area contributed by atoms with Gasteiger partial charge >= 0.3 is 0 Å². The number of hydrogen-bond donors (Lipinski definition) is 0. The van der Waals surface area contributed by atoms with Crippen molar-refractivity contribution in [3.63, 3.8) is 0 Å². The molecule has 7 rings (SSSR count). The number of hydrogen-bond acceptors (Lipinski definition) is 11. The number of thiazole rings is 1. The number of benzene rings is 1. The molecule has 0 bridgehead atoms. The number of aryl methyl sites for hydroxylation is 1. The van der Waals surface area contributed by atoms with Crippen LogP contribution >= 0.6 is 11.3 Å². The van der Waals surface area contributed by atoms with Gasteiger partial charge in [-0.1, -0.05) is 0 Å². The number of fused-ring (bicyclic) bond motifs is 2. The number of anilines is 2. The van der Waals surface area contributed by atoms with E-state index in [2.05, 4.69) is 29.9 Å². The van der Waals surface area contributed by atoms with Gasteiger partial charge in [-0.15, -0.1) is 11.3 Å². The smallest absolute Gasteiger partial charge is 0.185 e. The largest absolute Gasteiger partial charge is 0.496 e. The number of rotatable bonds is 7. The molecule has 11 nitrogen and oxygen atoms in total. The van der Waals surface area contributed by atoms with Gasteiger partial charge in [0.15, 0.2) is 16.5 Å². The Bertz CT molecular complexity index is 1790. The highest BCUT2D eigenvalue weighted by Crippen LogP contribution is 2.37. The average Bonchev–Trinajstić information content (AvgIpc) is 3.74. The highest BCUT2D eigenvalue weighted by Gasteiger charge is 2.21. The summed E-state index contributed by atoms with van der Waals surface area (Å²) in [6.45, 7) is 5.76. The Kier molecular flexibility index (Phi) is 6.16. The lowest BCUT2D eigenvalue weighted by molar-refractivity contribution is 0.303. The van der Waals surface area contributed by atoms with Crippen molar-refractivity contribution in [3.05, 3.63) is 71.9 Å². The van der Waals surface area contributed by atoms with Crippen LogP contribution in [-0.4, -0.2) is 62.8 Å². The predicted octanol–water partition coefficient (Wildman–Crippen LogP) is 4.61. The first-order chi connectivity index (χ1) is 19.6. The van der Waals surface area contributed by atoms with Crippen molar-refractivity contribution in [3.8, 4) is 23.0 Å². The molecular formula is C28H26N8O3S. The van der Waals surface area contributed by atoms with Gasteiger partial charge in [0.05, 0.1) is 36.3 Å². The molecule has 0 amide bonds. The quantitative estimate of drug-likeness (QED) is 0.278. The minimum Gasteiger partial charge on any atom is -0.496 e. The number of methoxy groups -OCH3 is 1. The summed E-state index contributed by atoms with van der Waals surface area (Å²) < 4.78 is 19.7. The van der Waals surface area contributed by atoms with Gasteiger partial charge in [0.1, 0.15) is 35.2 Å². The Labute approximate surface area is 233 Å². The van der Waals surface area contributed by atoms with Crippen LogP contribution in [0.1, 0.15) is 11.4 Å². The Hall–Kier alpha value is -4.71. The topological polar surface area (TPSA) is 107 Å². The maximum absolute atomic E-state index is 6.27. The van der Waals surface area contributed by atoms with E-state index in [-0.39, 0.29) is 0 Å². The van der Waals surface area contributed by atoms with Crippen molar-refractivity contribution >= 4 is 38.9 Å². The third-order valence-electron chi connectivity index (χ3n) is 6.85. The van der Waals surface area contributed by atoms with Crippen molar-refractivity contribution < 1.29 is 13.9 Å². The molecule has 0 atom stereocenters. The lowest BCUT2D eigenvalue weighted by Gasteiger charge is -2.35. The van der Waals surface area contributed by atoms with Crippen molar-refractivity contribution in [2.45, 2.75) is 13.5 Å². The molecule has 6 heterocycles. The summed E-state index contributed by atoms with van der Waals surface area (Å²) in [7, 11) is 1.63. The van der Waals surface area contributed by atoms with Crippen molar-refractivity contribution in [1.29, 1.82) is 0 Å². The number of furan rings is 1. The first kappa shape index (κ1) is 24.3. The van der Waals surface area contributed by atoms with Crippen LogP contribution in [0.15, 0.2) is 64.9 Å². The van der Waals surface area contributed by atoms with Gasteiger partial charge in [0.25, 0.3) is 0 Å². The number of aromatic nitrogens is 6. The molecule has 12 heteroatoms. The van der Waals surface area contributed by atoms with Gasteiger partial charge in [-0.05, 0) is 25.1 Å². The molecule has 40 heavy (non-hydrogen) atoms. The zero-order valence-corrected chi connectivity index (χ0v) is 22.8. The molecule has 0 spiro atoms. The van der Waals surface area contributed by atoms with Gasteiger partial charge in [0.2, 0.25) is 0 Å². The summed E-state index contributed by atoms with van der Waals surface area (Å²) in [5.41, 5.74) is 3.90. The molecule has 1 aromatic carbocycles. The fraction of sp³-hybridized carbons (Fsp3) is 0.250. The first-order valence-corrected chi connectivity index (χ1v) is 13.8. The van der Waals surface area contributed by atoms with Gasteiger partial charge in [-0.2, -0.15) is 5.10 Å². The normalized spacial score (nSPS) is 13.8. The second kappa shape index (κ2) is 10.1. The predicted molar refractivity (Wildman–Crippen MR) is 152 cm³/mol. The maximum atomic E-state index is 6.27. The highest BCUT2D eigenvalue weighted by atomic mass is 32.1. The van der Waals surface area contributed by atoms with Crippen molar-refractivity contribution in [2.24, 2.45) is 0 Å². The van der Waals surface area contributed by atoms with Crippen LogP contribution in [0.4, 0.5) is 10.9 Å². The van der Waals surface area contributed by atoms with Crippen LogP contribution < -0.4 is 19.3 Å². The van der Waals surface area contributed by atoms with Crippen LogP contribution in [0.25, 0.3) is 28.1 Å². The summed E-state index contributed by atoms with van der Waals surface area (Å²) in [6.07, 6.45) is 7.10. The molecule has 202 valence electrons. The van der Waals surface area contributed by atoms with E-state index in [1.807, 2.05) is 55.0 Å². The zero-order valence-electron chi connectivity index (χ0n) is 22.0. The Balaban J connectivity index is 1.07. The van der Waals surface area contributed by atoms with Gasteiger partial charge in [0, 0.05) is 56.1 Å². The van der Waals surface area contributed by atoms with E-state index in [0.29, 0.717) is 35.1 Å². The average molecular weight is 555 g/mol. The maximum Gasteiger partial charge on any atom is 0.185 e. The fourth-order valence-electron chi connectivity index (χ4n) is 4.78. The Morgan fingerprint density at radius 3 is 2.73 bits per heavy atom. The van der Waals surface area contributed by atoms with Crippen LogP contribution in [0.2, 0.25) is 0 Å². The van der Waals surface area contributed by atoms with E-state index >= 15 is 0 Å². The van der Waals surface area contributed by atoms with Crippen LogP contribution in [0, 0.1) is 6.92 Å². The second-order valence-corrected chi connectivity index (χ2v) is 10.3. The summed E-state index contributed by atoms with van der Waals surface area (Å²) >= 11 is 1.63. The molecule has 1 fully saturated rings. The first-order valence-electron chi connectivity index (χ1n) is 12.9.